The van der Waals surface area contributed by atoms with Gasteiger partial charge in [-0.05, 0) is 48.6 Å². The molecule has 22 heavy (non-hydrogen) atoms. The van der Waals surface area contributed by atoms with Crippen molar-refractivity contribution in [3.8, 4) is 11.8 Å². The molecule has 0 amide bonds. The standard InChI is InChI=1S/C17H11ClFNO2/c18-15-2-1-3-16(19)14(15)8-9-17(21)12-4-6-13(7-5-12)22-11-10-20/h1-9H,11H2/b9-8+. The molecule has 2 aromatic rings. The number of hydrogen-bond acceptors (Lipinski definition) is 3. The van der Waals surface area contributed by atoms with Crippen molar-refractivity contribution in [3.63, 3.8) is 0 Å². The van der Waals surface area contributed by atoms with Crippen molar-refractivity contribution in [2.75, 3.05) is 6.61 Å². The van der Waals surface area contributed by atoms with Crippen LogP contribution in [0.2, 0.25) is 5.02 Å². The predicted molar refractivity (Wildman–Crippen MR) is 82.3 cm³/mol. The number of nitrogens with zero attached hydrogens (tertiary/aromatic N) is 1. The van der Waals surface area contributed by atoms with Crippen molar-refractivity contribution in [3.05, 3.63) is 70.5 Å². The van der Waals surface area contributed by atoms with E-state index in [0.29, 0.717) is 11.3 Å². The molecule has 0 radical (unpaired) electrons. The first kappa shape index (κ1) is 15.7. The number of carbonyl (C=O) groups is 1. The molecular weight excluding hydrogens is 305 g/mol. The first-order valence-electron chi connectivity index (χ1n) is 6.38. The van der Waals surface area contributed by atoms with E-state index in [9.17, 15) is 9.18 Å². The highest BCUT2D eigenvalue weighted by Gasteiger charge is 2.06. The summed E-state index contributed by atoms with van der Waals surface area (Å²) in [5.41, 5.74) is 0.597. The molecule has 3 nitrogen and oxygen atoms in total. The Morgan fingerprint density at radius 3 is 2.64 bits per heavy atom. The third kappa shape index (κ3) is 3.94. The highest BCUT2D eigenvalue weighted by molar-refractivity contribution is 6.32. The van der Waals surface area contributed by atoms with Crippen LogP contribution in [0.4, 0.5) is 4.39 Å². The molecule has 110 valence electrons. The lowest BCUT2D eigenvalue weighted by molar-refractivity contribution is 0.104. The molecule has 0 bridgehead atoms. The summed E-state index contributed by atoms with van der Waals surface area (Å²) in [6.45, 7) is -0.0566. The molecule has 0 fully saturated rings. The van der Waals surface area contributed by atoms with Gasteiger partial charge in [0.25, 0.3) is 0 Å². The van der Waals surface area contributed by atoms with E-state index in [0.717, 1.165) is 0 Å². The first-order valence-corrected chi connectivity index (χ1v) is 6.76. The Hall–Kier alpha value is -2.64. The van der Waals surface area contributed by atoms with Crippen LogP contribution in [0, 0.1) is 17.1 Å². The van der Waals surface area contributed by atoms with Gasteiger partial charge in [0.1, 0.15) is 17.6 Å². The molecule has 0 N–H and O–H groups in total. The number of ether oxygens (including phenoxy) is 1. The van der Waals surface area contributed by atoms with Crippen LogP contribution in [0.5, 0.6) is 5.75 Å². The molecule has 0 saturated heterocycles. The number of hydrogen-bond donors (Lipinski definition) is 0. The summed E-state index contributed by atoms with van der Waals surface area (Å²) < 4.78 is 18.7. The van der Waals surface area contributed by atoms with E-state index in [1.54, 1.807) is 30.3 Å². The minimum absolute atomic E-state index is 0.0566. The summed E-state index contributed by atoms with van der Waals surface area (Å²) >= 11 is 5.88. The summed E-state index contributed by atoms with van der Waals surface area (Å²) in [6, 6.07) is 12.5. The van der Waals surface area contributed by atoms with Crippen LogP contribution in [0.3, 0.4) is 0 Å². The summed E-state index contributed by atoms with van der Waals surface area (Å²) in [7, 11) is 0. The topological polar surface area (TPSA) is 50.1 Å². The van der Waals surface area contributed by atoms with Crippen LogP contribution in [0.25, 0.3) is 6.08 Å². The van der Waals surface area contributed by atoms with Gasteiger partial charge in [-0.25, -0.2) is 4.39 Å². The number of nitriles is 1. The minimum atomic E-state index is -0.489. The van der Waals surface area contributed by atoms with Crippen LogP contribution in [-0.4, -0.2) is 12.4 Å². The molecule has 0 atom stereocenters. The third-order valence-electron chi connectivity index (χ3n) is 2.84. The van der Waals surface area contributed by atoms with E-state index in [1.165, 1.54) is 24.3 Å². The Morgan fingerprint density at radius 2 is 2.00 bits per heavy atom. The largest absolute Gasteiger partial charge is 0.479 e. The Labute approximate surface area is 132 Å². The number of ketones is 1. The average molecular weight is 316 g/mol. The molecule has 0 aliphatic heterocycles. The average Bonchev–Trinajstić information content (AvgIpc) is 2.52. The Bertz CT molecular complexity index is 728. The summed E-state index contributed by atoms with van der Waals surface area (Å²) in [4.78, 5) is 12.0. The monoisotopic (exact) mass is 315 g/mol. The fraction of sp³-hybridized carbons (Fsp3) is 0.0588. The number of allylic oxidation sites excluding steroid dienone is 1. The van der Waals surface area contributed by atoms with Gasteiger partial charge in [0, 0.05) is 11.1 Å². The predicted octanol–water partition coefficient (Wildman–Crippen LogP) is 4.28. The van der Waals surface area contributed by atoms with Gasteiger partial charge in [0.05, 0.1) is 5.02 Å². The number of halogens is 2. The van der Waals surface area contributed by atoms with Gasteiger partial charge in [-0.3, -0.25) is 4.79 Å². The smallest absolute Gasteiger partial charge is 0.185 e. The maximum absolute atomic E-state index is 13.6. The minimum Gasteiger partial charge on any atom is -0.479 e. The highest BCUT2D eigenvalue weighted by Crippen LogP contribution is 2.21. The van der Waals surface area contributed by atoms with E-state index in [4.69, 9.17) is 21.6 Å². The molecule has 0 unspecified atom stereocenters. The lowest BCUT2D eigenvalue weighted by Gasteiger charge is -2.02. The zero-order valence-electron chi connectivity index (χ0n) is 11.4. The van der Waals surface area contributed by atoms with Crippen LogP contribution < -0.4 is 4.74 Å². The molecule has 2 aromatic carbocycles. The van der Waals surface area contributed by atoms with Crippen molar-refractivity contribution in [1.29, 1.82) is 5.26 Å². The van der Waals surface area contributed by atoms with Crippen molar-refractivity contribution in [2.24, 2.45) is 0 Å². The lowest BCUT2D eigenvalue weighted by Crippen LogP contribution is -1.96. The second-order valence-corrected chi connectivity index (χ2v) is 4.71. The first-order chi connectivity index (χ1) is 10.6. The van der Waals surface area contributed by atoms with Gasteiger partial charge in [0.2, 0.25) is 0 Å². The zero-order chi connectivity index (χ0) is 15.9. The highest BCUT2D eigenvalue weighted by atomic mass is 35.5. The Kier molecular flexibility index (Phi) is 5.29. The number of carbonyl (C=O) groups excluding carboxylic acids is 1. The SMILES string of the molecule is N#CCOc1ccc(C(=O)/C=C/c2c(F)cccc2Cl)cc1. The van der Waals surface area contributed by atoms with Gasteiger partial charge in [-0.2, -0.15) is 5.26 Å². The maximum Gasteiger partial charge on any atom is 0.185 e. The van der Waals surface area contributed by atoms with E-state index in [-0.39, 0.29) is 23.0 Å². The zero-order valence-corrected chi connectivity index (χ0v) is 12.2. The molecule has 0 aliphatic rings. The maximum atomic E-state index is 13.6. The number of benzene rings is 2. The molecule has 0 saturated carbocycles. The molecule has 2 rings (SSSR count). The summed E-state index contributed by atoms with van der Waals surface area (Å²) in [5.74, 6) is -0.276. The van der Waals surface area contributed by atoms with Gasteiger partial charge < -0.3 is 4.74 Å². The Balaban J connectivity index is 2.12. The van der Waals surface area contributed by atoms with Crippen molar-refractivity contribution >= 4 is 23.5 Å². The van der Waals surface area contributed by atoms with E-state index < -0.39 is 5.82 Å². The van der Waals surface area contributed by atoms with Crippen LogP contribution in [-0.2, 0) is 0 Å². The normalized spacial score (nSPS) is 10.4. The van der Waals surface area contributed by atoms with E-state index >= 15 is 0 Å². The quantitative estimate of drug-likeness (QED) is 0.611. The van der Waals surface area contributed by atoms with Crippen LogP contribution in [0.1, 0.15) is 15.9 Å². The van der Waals surface area contributed by atoms with Gasteiger partial charge in [-0.1, -0.05) is 17.7 Å². The van der Waals surface area contributed by atoms with Crippen LogP contribution in [0.15, 0.2) is 48.5 Å². The van der Waals surface area contributed by atoms with Crippen LogP contribution >= 0.6 is 11.6 Å². The lowest BCUT2D eigenvalue weighted by atomic mass is 10.1. The van der Waals surface area contributed by atoms with Gasteiger partial charge >= 0.3 is 0 Å². The fourth-order valence-electron chi connectivity index (χ4n) is 1.76. The molecule has 0 aromatic heterocycles. The van der Waals surface area contributed by atoms with Crippen molar-refractivity contribution < 1.29 is 13.9 Å². The van der Waals surface area contributed by atoms with E-state index in [2.05, 4.69) is 0 Å². The molecule has 5 heteroatoms. The fourth-order valence-corrected chi connectivity index (χ4v) is 1.98. The Morgan fingerprint density at radius 1 is 1.27 bits per heavy atom. The number of rotatable bonds is 5. The molecular formula is C17H11ClFNO2. The summed E-state index contributed by atoms with van der Waals surface area (Å²) in [5, 5.41) is 8.65. The second kappa shape index (κ2) is 7.39. The molecule has 0 spiro atoms. The summed E-state index contributed by atoms with van der Waals surface area (Å²) in [6.07, 6.45) is 2.61. The van der Waals surface area contributed by atoms with Crippen molar-refractivity contribution in [1.82, 2.24) is 0 Å². The molecule has 0 aliphatic carbocycles. The van der Waals surface area contributed by atoms with Gasteiger partial charge in [0.15, 0.2) is 12.4 Å². The van der Waals surface area contributed by atoms with Crippen molar-refractivity contribution in [2.45, 2.75) is 0 Å². The molecule has 0 heterocycles. The van der Waals surface area contributed by atoms with Gasteiger partial charge in [-0.15, -0.1) is 0 Å². The second-order valence-electron chi connectivity index (χ2n) is 4.30. The third-order valence-corrected chi connectivity index (χ3v) is 3.17. The van der Waals surface area contributed by atoms with E-state index in [1.807, 2.05) is 6.07 Å².